The van der Waals surface area contributed by atoms with Gasteiger partial charge in [-0.2, -0.15) is 0 Å². The Kier molecular flexibility index (Phi) is 3.48. The summed E-state index contributed by atoms with van der Waals surface area (Å²) in [6.45, 7) is 5.98. The summed E-state index contributed by atoms with van der Waals surface area (Å²) in [4.78, 5) is 11.7. The molecule has 0 atom stereocenters. The smallest absolute Gasteiger partial charge is 0.310 e. The van der Waals surface area contributed by atoms with E-state index in [9.17, 15) is 4.79 Å². The Balaban J connectivity index is 2.16. The molecule has 0 saturated heterocycles. The number of hydrogen-bond donors (Lipinski definition) is 0. The monoisotopic (exact) mass is 280 g/mol. The zero-order valence-corrected chi connectivity index (χ0v) is 11.9. The van der Waals surface area contributed by atoms with Gasteiger partial charge in [0.1, 0.15) is 5.58 Å². The fourth-order valence-electron chi connectivity index (χ4n) is 2.58. The summed E-state index contributed by atoms with van der Waals surface area (Å²) >= 11 is 0. The van der Waals surface area contributed by atoms with E-state index in [2.05, 4.69) is 12.6 Å². The van der Waals surface area contributed by atoms with Gasteiger partial charge < -0.3 is 9.15 Å². The minimum atomic E-state index is -0.236. The third-order valence-electron chi connectivity index (χ3n) is 3.53. The Morgan fingerprint density at radius 3 is 2.95 bits per heavy atom. The number of furan rings is 1. The van der Waals surface area contributed by atoms with Gasteiger partial charge >= 0.3 is 5.97 Å². The van der Waals surface area contributed by atoms with Gasteiger partial charge in [-0.25, -0.2) is 0 Å². The average Bonchev–Trinajstić information content (AvgIpc) is 2.90. The van der Waals surface area contributed by atoms with Gasteiger partial charge in [-0.15, -0.1) is 0 Å². The quantitative estimate of drug-likeness (QED) is 0.667. The van der Waals surface area contributed by atoms with Crippen molar-refractivity contribution in [2.75, 3.05) is 6.61 Å². The summed E-state index contributed by atoms with van der Waals surface area (Å²) in [5, 5.41) is 3.16. The maximum Gasteiger partial charge on any atom is 0.310 e. The molecule has 1 aromatic heterocycles. The SMILES string of the molecule is C=Cc1ccc2c(ccc3occ(CC(=O)OCC)c32)c1. The zero-order chi connectivity index (χ0) is 14.8. The fraction of sp³-hybridized carbons (Fsp3) is 0.167. The van der Waals surface area contributed by atoms with Gasteiger partial charge in [0.25, 0.3) is 0 Å². The highest BCUT2D eigenvalue weighted by molar-refractivity contribution is 6.08. The van der Waals surface area contributed by atoms with Crippen LogP contribution < -0.4 is 0 Å². The topological polar surface area (TPSA) is 39.4 Å². The van der Waals surface area contributed by atoms with Gasteiger partial charge in [-0.1, -0.05) is 30.9 Å². The lowest BCUT2D eigenvalue weighted by atomic mass is 10.0. The van der Waals surface area contributed by atoms with Gasteiger partial charge in [0.2, 0.25) is 0 Å². The molecule has 0 aliphatic rings. The molecule has 0 aliphatic heterocycles. The molecule has 0 unspecified atom stereocenters. The number of fused-ring (bicyclic) bond motifs is 3. The third-order valence-corrected chi connectivity index (χ3v) is 3.53. The first-order chi connectivity index (χ1) is 10.2. The van der Waals surface area contributed by atoms with E-state index in [0.717, 1.165) is 32.9 Å². The maximum atomic E-state index is 11.7. The number of benzene rings is 2. The van der Waals surface area contributed by atoms with Crippen LogP contribution in [0.4, 0.5) is 0 Å². The fourth-order valence-corrected chi connectivity index (χ4v) is 2.58. The molecule has 0 amide bonds. The molecule has 3 heteroatoms. The first kappa shape index (κ1) is 13.4. The number of carbonyl (C=O) groups is 1. The summed E-state index contributed by atoms with van der Waals surface area (Å²) in [7, 11) is 0. The lowest BCUT2D eigenvalue weighted by molar-refractivity contribution is -0.142. The van der Waals surface area contributed by atoms with Crippen LogP contribution in [0.2, 0.25) is 0 Å². The molecule has 0 aliphatic carbocycles. The molecule has 0 fully saturated rings. The first-order valence-electron chi connectivity index (χ1n) is 6.94. The highest BCUT2D eigenvalue weighted by Gasteiger charge is 2.13. The largest absolute Gasteiger partial charge is 0.466 e. The summed E-state index contributed by atoms with van der Waals surface area (Å²) < 4.78 is 10.6. The molecule has 0 bridgehead atoms. The van der Waals surface area contributed by atoms with Crippen LogP contribution in [-0.4, -0.2) is 12.6 Å². The second kappa shape index (κ2) is 5.44. The standard InChI is InChI=1S/C18H16O3/c1-3-12-5-7-15-13(9-12)6-8-16-18(15)14(11-21-16)10-17(19)20-4-2/h3,5-9,11H,1,4,10H2,2H3. The van der Waals surface area contributed by atoms with Gasteiger partial charge in [-0.05, 0) is 35.4 Å². The van der Waals surface area contributed by atoms with E-state index in [-0.39, 0.29) is 12.4 Å². The Morgan fingerprint density at radius 2 is 2.19 bits per heavy atom. The minimum absolute atomic E-state index is 0.225. The molecule has 3 rings (SSSR count). The van der Waals surface area contributed by atoms with Gasteiger partial charge in [0.15, 0.2) is 0 Å². The van der Waals surface area contributed by atoms with Crippen molar-refractivity contribution in [3.8, 4) is 0 Å². The predicted molar refractivity (Wildman–Crippen MR) is 84.1 cm³/mol. The van der Waals surface area contributed by atoms with Crippen LogP contribution in [0.15, 0.2) is 47.6 Å². The first-order valence-corrected chi connectivity index (χ1v) is 6.94. The van der Waals surface area contributed by atoms with Crippen molar-refractivity contribution >= 4 is 33.8 Å². The van der Waals surface area contributed by atoms with E-state index in [1.165, 1.54) is 0 Å². The number of hydrogen-bond acceptors (Lipinski definition) is 3. The Morgan fingerprint density at radius 1 is 1.33 bits per heavy atom. The minimum Gasteiger partial charge on any atom is -0.466 e. The van der Waals surface area contributed by atoms with Gasteiger partial charge in [0.05, 0.1) is 19.3 Å². The predicted octanol–water partition coefficient (Wildman–Crippen LogP) is 4.33. The van der Waals surface area contributed by atoms with Gasteiger partial charge in [-0.3, -0.25) is 4.79 Å². The lowest BCUT2D eigenvalue weighted by Gasteiger charge is -2.04. The molecular weight excluding hydrogens is 264 g/mol. The summed E-state index contributed by atoms with van der Waals surface area (Å²) in [5.41, 5.74) is 2.71. The van der Waals surface area contributed by atoms with E-state index in [0.29, 0.717) is 6.61 Å². The van der Waals surface area contributed by atoms with Gasteiger partial charge in [0, 0.05) is 10.9 Å². The molecule has 0 radical (unpaired) electrons. The lowest BCUT2D eigenvalue weighted by Crippen LogP contribution is -2.06. The molecule has 3 nitrogen and oxygen atoms in total. The molecule has 3 aromatic rings. The molecule has 0 N–H and O–H groups in total. The average molecular weight is 280 g/mol. The van der Waals surface area contributed by atoms with Crippen molar-refractivity contribution in [3.63, 3.8) is 0 Å². The van der Waals surface area contributed by atoms with Crippen molar-refractivity contribution in [2.24, 2.45) is 0 Å². The van der Waals surface area contributed by atoms with Crippen LogP contribution in [0.25, 0.3) is 27.8 Å². The number of carbonyl (C=O) groups excluding carboxylic acids is 1. The molecule has 0 saturated carbocycles. The van der Waals surface area contributed by atoms with Crippen LogP contribution in [0.1, 0.15) is 18.1 Å². The van der Waals surface area contributed by atoms with Crippen molar-refractivity contribution < 1.29 is 13.9 Å². The van der Waals surface area contributed by atoms with Crippen LogP contribution in [-0.2, 0) is 16.0 Å². The van der Waals surface area contributed by atoms with E-state index in [4.69, 9.17) is 9.15 Å². The van der Waals surface area contributed by atoms with Crippen LogP contribution in [0, 0.1) is 0 Å². The highest BCUT2D eigenvalue weighted by atomic mass is 16.5. The van der Waals surface area contributed by atoms with E-state index >= 15 is 0 Å². The molecule has 106 valence electrons. The normalized spacial score (nSPS) is 10.9. The van der Waals surface area contributed by atoms with Crippen LogP contribution in [0.3, 0.4) is 0 Å². The van der Waals surface area contributed by atoms with E-state index < -0.39 is 0 Å². The van der Waals surface area contributed by atoms with Crippen molar-refractivity contribution in [2.45, 2.75) is 13.3 Å². The molecular formula is C18H16O3. The molecule has 1 heterocycles. The summed E-state index contributed by atoms with van der Waals surface area (Å²) in [6.07, 6.45) is 3.68. The Labute approximate surface area is 122 Å². The number of esters is 1. The summed E-state index contributed by atoms with van der Waals surface area (Å²) in [5.74, 6) is -0.236. The van der Waals surface area contributed by atoms with E-state index in [1.807, 2.05) is 30.3 Å². The maximum absolute atomic E-state index is 11.7. The van der Waals surface area contributed by atoms with Crippen LogP contribution >= 0.6 is 0 Å². The Bertz CT molecular complexity index is 827. The second-order valence-corrected chi connectivity index (χ2v) is 4.87. The van der Waals surface area contributed by atoms with Crippen molar-refractivity contribution in [1.82, 2.24) is 0 Å². The zero-order valence-electron chi connectivity index (χ0n) is 11.9. The number of ether oxygens (including phenoxy) is 1. The molecule has 21 heavy (non-hydrogen) atoms. The Hall–Kier alpha value is -2.55. The summed E-state index contributed by atoms with van der Waals surface area (Å²) in [6, 6.07) is 10.1. The van der Waals surface area contributed by atoms with Crippen molar-refractivity contribution in [3.05, 3.63) is 54.3 Å². The second-order valence-electron chi connectivity index (χ2n) is 4.87. The van der Waals surface area contributed by atoms with Crippen LogP contribution in [0.5, 0.6) is 0 Å². The molecule has 0 spiro atoms. The third kappa shape index (κ3) is 2.42. The van der Waals surface area contributed by atoms with Crippen molar-refractivity contribution in [1.29, 1.82) is 0 Å². The van der Waals surface area contributed by atoms with E-state index in [1.54, 1.807) is 13.2 Å². The number of rotatable bonds is 4. The highest BCUT2D eigenvalue weighted by Crippen LogP contribution is 2.31. The molecule has 2 aromatic carbocycles.